The number of rotatable bonds is 4. The fourth-order valence-electron chi connectivity index (χ4n) is 1.19. The van der Waals surface area contributed by atoms with E-state index >= 15 is 0 Å². The summed E-state index contributed by atoms with van der Waals surface area (Å²) in [6.07, 6.45) is 1.52. The van der Waals surface area contributed by atoms with Gasteiger partial charge >= 0.3 is 0 Å². The average Bonchev–Trinajstić information content (AvgIpc) is 2.18. The van der Waals surface area contributed by atoms with Gasteiger partial charge in [0, 0.05) is 6.04 Å². The molecule has 2 atom stereocenters. The fraction of sp³-hybridized carbons (Fsp3) is 0.400. The summed E-state index contributed by atoms with van der Waals surface area (Å²) in [5.41, 5.74) is 0.955. The first-order valence-corrected chi connectivity index (χ1v) is 5.49. The van der Waals surface area contributed by atoms with Crippen LogP contribution < -0.4 is 4.72 Å². The summed E-state index contributed by atoms with van der Waals surface area (Å²) >= 11 is 1.52. The van der Waals surface area contributed by atoms with Crippen molar-refractivity contribution < 1.29 is 5.11 Å². The van der Waals surface area contributed by atoms with Gasteiger partial charge in [-0.05, 0) is 18.7 Å². The Hall–Kier alpha value is -0.510. The largest absolute Gasteiger partial charge is 0.387 e. The van der Waals surface area contributed by atoms with Crippen molar-refractivity contribution in [1.29, 1.82) is 0 Å². The maximum Gasteiger partial charge on any atom is 0.0949 e. The lowest BCUT2D eigenvalue weighted by Gasteiger charge is -2.18. The van der Waals surface area contributed by atoms with E-state index in [9.17, 15) is 5.11 Å². The molecule has 0 heterocycles. The molecule has 0 radical (unpaired) electrons. The highest BCUT2D eigenvalue weighted by Crippen LogP contribution is 2.16. The zero-order valence-electron chi connectivity index (χ0n) is 7.90. The van der Waals surface area contributed by atoms with Crippen molar-refractivity contribution in [3.05, 3.63) is 35.9 Å². The molecule has 0 aliphatic carbocycles. The van der Waals surface area contributed by atoms with Crippen molar-refractivity contribution in [3.63, 3.8) is 0 Å². The lowest BCUT2D eigenvalue weighted by molar-refractivity contribution is 0.148. The molecule has 2 N–H and O–H groups in total. The molecule has 0 unspecified atom stereocenters. The molecular formula is C10H15NOS. The molecule has 0 bridgehead atoms. The van der Waals surface area contributed by atoms with Gasteiger partial charge in [0.1, 0.15) is 0 Å². The van der Waals surface area contributed by atoms with Crippen LogP contribution in [0.2, 0.25) is 0 Å². The zero-order valence-corrected chi connectivity index (χ0v) is 8.71. The van der Waals surface area contributed by atoms with Gasteiger partial charge in [-0.15, -0.1) is 0 Å². The van der Waals surface area contributed by atoms with Crippen LogP contribution in [-0.2, 0) is 0 Å². The van der Waals surface area contributed by atoms with Gasteiger partial charge in [-0.1, -0.05) is 42.3 Å². The van der Waals surface area contributed by atoms with Gasteiger partial charge < -0.3 is 5.11 Å². The molecule has 72 valence electrons. The van der Waals surface area contributed by atoms with Crippen molar-refractivity contribution in [2.24, 2.45) is 0 Å². The van der Waals surface area contributed by atoms with Crippen LogP contribution in [0, 0.1) is 0 Å². The van der Waals surface area contributed by atoms with Gasteiger partial charge in [-0.3, -0.25) is 4.72 Å². The first-order chi connectivity index (χ1) is 6.25. The van der Waals surface area contributed by atoms with E-state index in [0.29, 0.717) is 0 Å². The lowest BCUT2D eigenvalue weighted by Crippen LogP contribution is -2.26. The monoisotopic (exact) mass is 197 g/mol. The molecule has 0 fully saturated rings. The third-order valence-electron chi connectivity index (χ3n) is 1.92. The van der Waals surface area contributed by atoms with Crippen LogP contribution in [0.1, 0.15) is 18.6 Å². The lowest BCUT2D eigenvalue weighted by atomic mass is 10.0. The molecule has 1 rings (SSSR count). The number of hydrogen-bond donors (Lipinski definition) is 2. The van der Waals surface area contributed by atoms with Crippen LogP contribution in [0.4, 0.5) is 0 Å². The topological polar surface area (TPSA) is 32.3 Å². The molecule has 0 saturated heterocycles. The van der Waals surface area contributed by atoms with Gasteiger partial charge in [0.2, 0.25) is 0 Å². The second-order valence-electron chi connectivity index (χ2n) is 2.97. The number of aliphatic hydroxyl groups is 1. The Morgan fingerprint density at radius 2 is 1.92 bits per heavy atom. The predicted molar refractivity (Wildman–Crippen MR) is 57.5 cm³/mol. The Labute approximate surface area is 83.5 Å². The third-order valence-corrected chi connectivity index (χ3v) is 2.53. The minimum Gasteiger partial charge on any atom is -0.387 e. The predicted octanol–water partition coefficient (Wildman–Crippen LogP) is 1.98. The molecular weight excluding hydrogens is 182 g/mol. The van der Waals surface area contributed by atoms with E-state index in [1.807, 2.05) is 43.5 Å². The normalized spacial score (nSPS) is 15.3. The molecule has 0 aliphatic rings. The van der Waals surface area contributed by atoms with Crippen LogP contribution in [0.25, 0.3) is 0 Å². The molecule has 3 heteroatoms. The summed E-state index contributed by atoms with van der Waals surface area (Å²) in [6, 6.07) is 9.75. The second-order valence-corrected chi connectivity index (χ2v) is 3.61. The summed E-state index contributed by atoms with van der Waals surface area (Å²) in [6.45, 7) is 1.97. The second kappa shape index (κ2) is 5.27. The average molecular weight is 197 g/mol. The van der Waals surface area contributed by atoms with Crippen molar-refractivity contribution in [2.45, 2.75) is 19.1 Å². The van der Waals surface area contributed by atoms with E-state index < -0.39 is 6.10 Å². The van der Waals surface area contributed by atoms with Crippen molar-refractivity contribution >= 4 is 11.9 Å². The number of benzene rings is 1. The number of hydrogen-bond acceptors (Lipinski definition) is 3. The molecule has 1 aromatic rings. The van der Waals surface area contributed by atoms with E-state index in [0.717, 1.165) is 5.56 Å². The Kier molecular flexibility index (Phi) is 4.28. The van der Waals surface area contributed by atoms with Gasteiger partial charge in [-0.25, -0.2) is 0 Å². The minimum absolute atomic E-state index is 0.0670. The molecule has 0 spiro atoms. The van der Waals surface area contributed by atoms with Crippen LogP contribution in [0.3, 0.4) is 0 Å². The molecule has 0 amide bonds. The van der Waals surface area contributed by atoms with E-state index in [1.165, 1.54) is 11.9 Å². The fourth-order valence-corrected chi connectivity index (χ4v) is 1.69. The molecule has 0 aromatic heterocycles. The van der Waals surface area contributed by atoms with Crippen LogP contribution in [0.5, 0.6) is 0 Å². The summed E-state index contributed by atoms with van der Waals surface area (Å²) in [5, 5.41) is 9.84. The number of nitrogens with one attached hydrogen (secondary N) is 1. The summed E-state index contributed by atoms with van der Waals surface area (Å²) < 4.78 is 3.11. The highest BCUT2D eigenvalue weighted by Gasteiger charge is 2.14. The van der Waals surface area contributed by atoms with Crippen molar-refractivity contribution in [2.75, 3.05) is 6.26 Å². The zero-order chi connectivity index (χ0) is 9.68. The van der Waals surface area contributed by atoms with Gasteiger partial charge in [0.15, 0.2) is 0 Å². The van der Waals surface area contributed by atoms with Gasteiger partial charge in [0.25, 0.3) is 0 Å². The van der Waals surface area contributed by atoms with E-state index in [-0.39, 0.29) is 6.04 Å². The van der Waals surface area contributed by atoms with E-state index in [4.69, 9.17) is 0 Å². The molecule has 1 aromatic carbocycles. The quantitative estimate of drug-likeness (QED) is 0.724. The summed E-state index contributed by atoms with van der Waals surface area (Å²) in [5.74, 6) is 0. The molecule has 0 saturated carbocycles. The Morgan fingerprint density at radius 1 is 1.31 bits per heavy atom. The maximum atomic E-state index is 9.84. The SMILES string of the molecule is CSN[C@H](C)[C@@H](O)c1ccccc1. The standard InChI is InChI=1S/C10H15NOS/c1-8(11-13-2)10(12)9-6-4-3-5-7-9/h3-8,10-12H,1-2H3/t8-,10-/m1/s1. The van der Waals surface area contributed by atoms with E-state index in [2.05, 4.69) is 4.72 Å². The molecule has 13 heavy (non-hydrogen) atoms. The first-order valence-electron chi connectivity index (χ1n) is 4.27. The first kappa shape index (κ1) is 10.6. The minimum atomic E-state index is -0.436. The van der Waals surface area contributed by atoms with E-state index in [1.54, 1.807) is 0 Å². The van der Waals surface area contributed by atoms with Crippen molar-refractivity contribution in [1.82, 2.24) is 4.72 Å². The summed E-state index contributed by atoms with van der Waals surface area (Å²) in [4.78, 5) is 0. The van der Waals surface area contributed by atoms with Crippen molar-refractivity contribution in [3.8, 4) is 0 Å². The Bertz CT molecular complexity index is 240. The van der Waals surface area contributed by atoms with Crippen LogP contribution in [-0.4, -0.2) is 17.4 Å². The molecule has 2 nitrogen and oxygen atoms in total. The Morgan fingerprint density at radius 3 is 2.46 bits per heavy atom. The maximum absolute atomic E-state index is 9.84. The smallest absolute Gasteiger partial charge is 0.0949 e. The Balaban J connectivity index is 2.62. The van der Waals surface area contributed by atoms with Crippen LogP contribution >= 0.6 is 11.9 Å². The van der Waals surface area contributed by atoms with Gasteiger partial charge in [-0.2, -0.15) is 0 Å². The number of aliphatic hydroxyl groups excluding tert-OH is 1. The highest BCUT2D eigenvalue weighted by atomic mass is 32.2. The third kappa shape index (κ3) is 3.03. The highest BCUT2D eigenvalue weighted by molar-refractivity contribution is 7.96. The molecule has 0 aliphatic heterocycles. The summed E-state index contributed by atoms with van der Waals surface area (Å²) in [7, 11) is 0. The van der Waals surface area contributed by atoms with Gasteiger partial charge in [0.05, 0.1) is 6.10 Å². The van der Waals surface area contributed by atoms with Crippen LogP contribution in [0.15, 0.2) is 30.3 Å².